The number of ether oxygens (including phenoxy) is 1. The van der Waals surface area contributed by atoms with Crippen molar-refractivity contribution in [1.29, 1.82) is 0 Å². The molecule has 3 heteroatoms. The van der Waals surface area contributed by atoms with Crippen LogP contribution in [0, 0.1) is 5.41 Å². The summed E-state index contributed by atoms with van der Waals surface area (Å²) >= 11 is 0. The van der Waals surface area contributed by atoms with E-state index in [9.17, 15) is 0 Å². The second-order valence-electron chi connectivity index (χ2n) is 6.56. The highest BCUT2D eigenvalue weighted by Crippen LogP contribution is 2.49. The standard InChI is InChI=1S/C17H28N2O/c1-16(2)11-7-8-12-17(16,13-18)19(3)14-9-5-6-10-15(14)20-4/h5-6,9-10H,7-8,11-13,18H2,1-4H3. The molecule has 0 heterocycles. The van der Waals surface area contributed by atoms with Gasteiger partial charge in [0, 0.05) is 13.6 Å². The lowest BCUT2D eigenvalue weighted by molar-refractivity contribution is 0.101. The third-order valence-electron chi connectivity index (χ3n) is 5.33. The van der Waals surface area contributed by atoms with Gasteiger partial charge >= 0.3 is 0 Å². The van der Waals surface area contributed by atoms with Crippen molar-refractivity contribution in [1.82, 2.24) is 0 Å². The highest BCUT2D eigenvalue weighted by atomic mass is 16.5. The van der Waals surface area contributed by atoms with Crippen LogP contribution in [0.1, 0.15) is 39.5 Å². The molecular weight excluding hydrogens is 248 g/mol. The van der Waals surface area contributed by atoms with Gasteiger partial charge in [0.15, 0.2) is 0 Å². The zero-order valence-corrected chi connectivity index (χ0v) is 13.3. The van der Waals surface area contributed by atoms with Gasteiger partial charge in [-0.05, 0) is 30.4 Å². The first-order valence-electron chi connectivity index (χ1n) is 7.55. The normalized spacial score (nSPS) is 25.2. The second kappa shape index (κ2) is 5.65. The Labute approximate surface area is 123 Å². The maximum atomic E-state index is 6.26. The van der Waals surface area contributed by atoms with E-state index in [2.05, 4.69) is 37.9 Å². The van der Waals surface area contributed by atoms with Crippen LogP contribution in [0.2, 0.25) is 0 Å². The zero-order valence-electron chi connectivity index (χ0n) is 13.3. The van der Waals surface area contributed by atoms with Crippen LogP contribution in [0.5, 0.6) is 5.75 Å². The predicted octanol–water partition coefficient (Wildman–Crippen LogP) is 3.43. The fraction of sp³-hybridized carbons (Fsp3) is 0.647. The number of benzene rings is 1. The molecule has 1 unspecified atom stereocenters. The van der Waals surface area contributed by atoms with Gasteiger partial charge in [-0.1, -0.05) is 38.8 Å². The minimum Gasteiger partial charge on any atom is -0.495 e. The first-order chi connectivity index (χ1) is 9.48. The van der Waals surface area contributed by atoms with Crippen molar-refractivity contribution in [2.24, 2.45) is 11.1 Å². The molecule has 1 aliphatic carbocycles. The summed E-state index contributed by atoms with van der Waals surface area (Å²) in [5, 5.41) is 0. The number of hydrogen-bond acceptors (Lipinski definition) is 3. The zero-order chi connectivity index (χ0) is 14.8. The van der Waals surface area contributed by atoms with Crippen LogP contribution < -0.4 is 15.4 Å². The summed E-state index contributed by atoms with van der Waals surface area (Å²) in [5.74, 6) is 0.921. The van der Waals surface area contributed by atoms with Crippen LogP contribution in [0.25, 0.3) is 0 Å². The Morgan fingerprint density at radius 3 is 2.45 bits per heavy atom. The monoisotopic (exact) mass is 276 g/mol. The molecular formula is C17H28N2O. The van der Waals surface area contributed by atoms with E-state index >= 15 is 0 Å². The lowest BCUT2D eigenvalue weighted by Gasteiger charge is -2.55. The van der Waals surface area contributed by atoms with Crippen molar-refractivity contribution in [3.05, 3.63) is 24.3 Å². The molecule has 1 aromatic carbocycles. The van der Waals surface area contributed by atoms with Crippen molar-refractivity contribution in [2.75, 3.05) is 25.6 Å². The molecule has 1 aromatic rings. The number of likely N-dealkylation sites (N-methyl/N-ethyl adjacent to an activating group) is 1. The lowest BCUT2D eigenvalue weighted by atomic mass is 9.62. The summed E-state index contributed by atoms with van der Waals surface area (Å²) in [4.78, 5) is 2.37. The largest absolute Gasteiger partial charge is 0.495 e. The first kappa shape index (κ1) is 15.2. The fourth-order valence-electron chi connectivity index (χ4n) is 3.83. The highest BCUT2D eigenvalue weighted by molar-refractivity contribution is 5.60. The van der Waals surface area contributed by atoms with E-state index in [0.717, 1.165) is 17.9 Å². The topological polar surface area (TPSA) is 38.5 Å². The number of anilines is 1. The molecule has 3 nitrogen and oxygen atoms in total. The van der Waals surface area contributed by atoms with Gasteiger partial charge in [-0.25, -0.2) is 0 Å². The number of para-hydroxylation sites is 2. The average molecular weight is 276 g/mol. The predicted molar refractivity (Wildman–Crippen MR) is 85.4 cm³/mol. The quantitative estimate of drug-likeness (QED) is 0.915. The highest BCUT2D eigenvalue weighted by Gasteiger charge is 2.49. The first-order valence-corrected chi connectivity index (χ1v) is 7.55. The lowest BCUT2D eigenvalue weighted by Crippen LogP contribution is -2.63. The Morgan fingerprint density at radius 1 is 1.20 bits per heavy atom. The summed E-state index contributed by atoms with van der Waals surface area (Å²) in [5.41, 5.74) is 7.60. The van der Waals surface area contributed by atoms with Crippen LogP contribution in [0.3, 0.4) is 0 Å². The Balaban J connectivity index is 2.45. The fourth-order valence-corrected chi connectivity index (χ4v) is 3.83. The molecule has 2 N–H and O–H groups in total. The molecule has 0 radical (unpaired) electrons. The summed E-state index contributed by atoms with van der Waals surface area (Å²) < 4.78 is 5.53. The summed E-state index contributed by atoms with van der Waals surface area (Å²) in [6, 6.07) is 8.22. The molecule has 20 heavy (non-hydrogen) atoms. The van der Waals surface area contributed by atoms with Gasteiger partial charge < -0.3 is 15.4 Å². The summed E-state index contributed by atoms with van der Waals surface area (Å²) in [7, 11) is 3.89. The molecule has 112 valence electrons. The Kier molecular flexibility index (Phi) is 4.28. The van der Waals surface area contributed by atoms with Crippen LogP contribution in [0.15, 0.2) is 24.3 Å². The number of nitrogens with zero attached hydrogens (tertiary/aromatic N) is 1. The smallest absolute Gasteiger partial charge is 0.142 e. The number of methoxy groups -OCH3 is 1. The van der Waals surface area contributed by atoms with E-state index in [0.29, 0.717) is 6.54 Å². The molecule has 1 saturated carbocycles. The van der Waals surface area contributed by atoms with E-state index in [-0.39, 0.29) is 11.0 Å². The van der Waals surface area contributed by atoms with Crippen molar-refractivity contribution >= 4 is 5.69 Å². The summed E-state index contributed by atoms with van der Waals surface area (Å²) in [6.45, 7) is 5.38. The maximum absolute atomic E-state index is 6.26. The molecule has 0 amide bonds. The molecule has 0 spiro atoms. The third-order valence-corrected chi connectivity index (χ3v) is 5.33. The van der Waals surface area contributed by atoms with Gasteiger partial charge in [0.25, 0.3) is 0 Å². The van der Waals surface area contributed by atoms with Gasteiger partial charge in [0.1, 0.15) is 5.75 Å². The second-order valence-corrected chi connectivity index (χ2v) is 6.56. The van der Waals surface area contributed by atoms with Crippen molar-refractivity contribution in [2.45, 2.75) is 45.1 Å². The van der Waals surface area contributed by atoms with E-state index in [1.807, 2.05) is 12.1 Å². The van der Waals surface area contributed by atoms with Gasteiger partial charge in [0.05, 0.1) is 18.3 Å². The van der Waals surface area contributed by atoms with Crippen molar-refractivity contribution < 1.29 is 4.74 Å². The van der Waals surface area contributed by atoms with E-state index in [1.54, 1.807) is 7.11 Å². The Hall–Kier alpha value is -1.22. The molecule has 0 bridgehead atoms. The Bertz CT molecular complexity index is 458. The van der Waals surface area contributed by atoms with Gasteiger partial charge in [-0.15, -0.1) is 0 Å². The van der Waals surface area contributed by atoms with Crippen molar-refractivity contribution in [3.63, 3.8) is 0 Å². The van der Waals surface area contributed by atoms with Crippen LogP contribution >= 0.6 is 0 Å². The van der Waals surface area contributed by atoms with Crippen LogP contribution in [-0.4, -0.2) is 26.2 Å². The number of nitrogens with two attached hydrogens (primary N) is 1. The molecule has 1 atom stereocenters. The van der Waals surface area contributed by atoms with E-state index in [1.165, 1.54) is 19.3 Å². The van der Waals surface area contributed by atoms with E-state index < -0.39 is 0 Å². The molecule has 1 aliphatic rings. The molecule has 1 fully saturated rings. The SMILES string of the molecule is COc1ccccc1N(C)C1(CN)CCCCC1(C)C. The van der Waals surface area contributed by atoms with Crippen LogP contribution in [0.4, 0.5) is 5.69 Å². The van der Waals surface area contributed by atoms with Gasteiger partial charge in [-0.2, -0.15) is 0 Å². The molecule has 2 rings (SSSR count). The molecule has 0 aliphatic heterocycles. The molecule has 0 saturated heterocycles. The summed E-state index contributed by atoms with van der Waals surface area (Å²) in [6.07, 6.45) is 4.92. The minimum atomic E-state index is -0.000116. The van der Waals surface area contributed by atoms with Gasteiger partial charge in [-0.3, -0.25) is 0 Å². The number of rotatable bonds is 4. The molecule has 0 aromatic heterocycles. The average Bonchev–Trinajstić information content (AvgIpc) is 2.46. The maximum Gasteiger partial charge on any atom is 0.142 e. The number of hydrogen-bond donors (Lipinski definition) is 1. The van der Waals surface area contributed by atoms with Crippen LogP contribution in [-0.2, 0) is 0 Å². The van der Waals surface area contributed by atoms with Crippen molar-refractivity contribution in [3.8, 4) is 5.75 Å². The Morgan fingerprint density at radius 2 is 1.85 bits per heavy atom. The third kappa shape index (κ3) is 2.28. The van der Waals surface area contributed by atoms with Gasteiger partial charge in [0.2, 0.25) is 0 Å². The minimum absolute atomic E-state index is 0.000116. The van der Waals surface area contributed by atoms with E-state index in [4.69, 9.17) is 10.5 Å².